The minimum Gasteiger partial charge on any atom is -0.342 e. The second-order valence-corrected chi connectivity index (χ2v) is 7.75. The van der Waals surface area contributed by atoms with Crippen molar-refractivity contribution in [2.24, 2.45) is 28.6 Å². The highest BCUT2D eigenvalue weighted by molar-refractivity contribution is 5.84. The normalized spacial score (nSPS) is 37.4. The lowest BCUT2D eigenvalue weighted by Crippen LogP contribution is -2.53. The van der Waals surface area contributed by atoms with Gasteiger partial charge in [-0.2, -0.15) is 0 Å². The highest BCUT2D eigenvalue weighted by atomic mass is 16.2. The number of nitrogens with zero attached hydrogens (tertiary/aromatic N) is 1. The molecule has 1 N–H and O–H groups in total. The third-order valence-electron chi connectivity index (χ3n) is 6.07. The van der Waals surface area contributed by atoms with Crippen LogP contribution in [0.25, 0.3) is 0 Å². The van der Waals surface area contributed by atoms with E-state index < -0.39 is 0 Å². The van der Waals surface area contributed by atoms with Crippen LogP contribution in [0.15, 0.2) is 0 Å². The molecule has 3 heteroatoms. The number of rotatable bonds is 1. The molecule has 0 aromatic rings. The molecular formula is C15H26N2O. The fraction of sp³-hybridized carbons (Fsp3) is 0.933. The second-order valence-electron chi connectivity index (χ2n) is 7.75. The van der Waals surface area contributed by atoms with Crippen molar-refractivity contribution in [2.45, 2.75) is 34.1 Å². The van der Waals surface area contributed by atoms with Crippen LogP contribution in [0.2, 0.25) is 0 Å². The summed E-state index contributed by atoms with van der Waals surface area (Å²) in [6.07, 6.45) is 1.31. The Bertz CT molecular complexity index is 349. The van der Waals surface area contributed by atoms with Crippen molar-refractivity contribution in [1.29, 1.82) is 0 Å². The Morgan fingerprint density at radius 1 is 1.06 bits per heavy atom. The van der Waals surface area contributed by atoms with Crippen LogP contribution >= 0.6 is 0 Å². The summed E-state index contributed by atoms with van der Waals surface area (Å²) in [7, 11) is 0. The van der Waals surface area contributed by atoms with Crippen LogP contribution in [0.1, 0.15) is 34.1 Å². The molecule has 2 aliphatic heterocycles. The Morgan fingerprint density at radius 2 is 1.56 bits per heavy atom. The molecule has 102 valence electrons. The van der Waals surface area contributed by atoms with Gasteiger partial charge in [-0.15, -0.1) is 0 Å². The van der Waals surface area contributed by atoms with E-state index in [1.165, 1.54) is 6.42 Å². The monoisotopic (exact) mass is 250 g/mol. The predicted molar refractivity (Wildman–Crippen MR) is 72.1 cm³/mol. The highest BCUT2D eigenvalue weighted by Gasteiger charge is 2.69. The van der Waals surface area contributed by atoms with Crippen molar-refractivity contribution in [3.63, 3.8) is 0 Å². The molecule has 3 aliphatic rings. The molecule has 3 nitrogen and oxygen atoms in total. The van der Waals surface area contributed by atoms with E-state index in [0.717, 1.165) is 26.2 Å². The summed E-state index contributed by atoms with van der Waals surface area (Å²) >= 11 is 0. The molecule has 0 spiro atoms. The van der Waals surface area contributed by atoms with Gasteiger partial charge in [0, 0.05) is 19.0 Å². The molecule has 2 saturated heterocycles. The lowest BCUT2D eigenvalue weighted by Gasteiger charge is -2.42. The van der Waals surface area contributed by atoms with Crippen LogP contribution in [0.4, 0.5) is 0 Å². The Labute approximate surface area is 110 Å². The lowest BCUT2D eigenvalue weighted by atomic mass is 9.85. The van der Waals surface area contributed by atoms with E-state index in [0.29, 0.717) is 17.7 Å². The molecule has 3 rings (SSSR count). The average molecular weight is 250 g/mol. The molecule has 1 amide bonds. The first-order valence-corrected chi connectivity index (χ1v) is 7.33. The number of piperidine rings is 2. The van der Waals surface area contributed by atoms with E-state index in [1.807, 2.05) is 0 Å². The summed E-state index contributed by atoms with van der Waals surface area (Å²) in [6.45, 7) is 13.1. The van der Waals surface area contributed by atoms with Gasteiger partial charge in [0.15, 0.2) is 0 Å². The van der Waals surface area contributed by atoms with E-state index in [-0.39, 0.29) is 16.7 Å². The standard InChI is InChI=1S/C15H26N2O/c1-14(2)12(15(14,3)4)13(18)17-8-10-5-11(9-17)7-16-6-10/h10-12,16H,5-9H2,1-4H3. The summed E-state index contributed by atoms with van der Waals surface area (Å²) in [5.41, 5.74) is 0.351. The van der Waals surface area contributed by atoms with Gasteiger partial charge in [-0.05, 0) is 42.2 Å². The smallest absolute Gasteiger partial charge is 0.226 e. The summed E-state index contributed by atoms with van der Waals surface area (Å²) in [5, 5.41) is 3.49. The van der Waals surface area contributed by atoms with Gasteiger partial charge in [-0.1, -0.05) is 27.7 Å². The van der Waals surface area contributed by atoms with Crippen molar-refractivity contribution in [3.8, 4) is 0 Å². The van der Waals surface area contributed by atoms with Crippen molar-refractivity contribution in [1.82, 2.24) is 10.2 Å². The minimum absolute atomic E-state index is 0.175. The van der Waals surface area contributed by atoms with Crippen LogP contribution in [0, 0.1) is 28.6 Å². The van der Waals surface area contributed by atoms with Crippen molar-refractivity contribution < 1.29 is 4.79 Å². The topological polar surface area (TPSA) is 32.3 Å². The summed E-state index contributed by atoms with van der Waals surface area (Å²) in [6, 6.07) is 0. The first-order chi connectivity index (χ1) is 8.34. The number of carbonyl (C=O) groups excluding carboxylic acids is 1. The third-order valence-corrected chi connectivity index (χ3v) is 6.07. The van der Waals surface area contributed by atoms with Gasteiger partial charge in [0.1, 0.15) is 0 Å². The number of hydrogen-bond donors (Lipinski definition) is 1. The van der Waals surface area contributed by atoms with Gasteiger partial charge < -0.3 is 10.2 Å². The second kappa shape index (κ2) is 3.72. The summed E-state index contributed by atoms with van der Waals surface area (Å²) in [4.78, 5) is 14.9. The third kappa shape index (κ3) is 1.63. The molecule has 1 aliphatic carbocycles. The molecule has 2 atom stereocenters. The van der Waals surface area contributed by atoms with Crippen molar-refractivity contribution >= 4 is 5.91 Å². The van der Waals surface area contributed by atoms with Crippen LogP contribution in [0.3, 0.4) is 0 Å². The van der Waals surface area contributed by atoms with Gasteiger partial charge in [-0.3, -0.25) is 4.79 Å². The zero-order chi connectivity index (χ0) is 13.1. The Hall–Kier alpha value is -0.570. The molecule has 2 bridgehead atoms. The Morgan fingerprint density at radius 3 is 2.00 bits per heavy atom. The molecule has 0 aromatic carbocycles. The number of nitrogens with one attached hydrogen (secondary N) is 1. The zero-order valence-electron chi connectivity index (χ0n) is 12.1. The summed E-state index contributed by atoms with van der Waals surface area (Å²) in [5.74, 6) is 2.02. The molecule has 2 unspecified atom stereocenters. The predicted octanol–water partition coefficient (Wildman–Crippen LogP) is 1.74. The van der Waals surface area contributed by atoms with Crippen molar-refractivity contribution in [2.75, 3.05) is 26.2 Å². The minimum atomic E-state index is 0.175. The molecule has 18 heavy (non-hydrogen) atoms. The summed E-state index contributed by atoms with van der Waals surface area (Å²) < 4.78 is 0. The molecule has 1 saturated carbocycles. The van der Waals surface area contributed by atoms with E-state index in [9.17, 15) is 4.79 Å². The maximum Gasteiger partial charge on any atom is 0.226 e. The van der Waals surface area contributed by atoms with Crippen molar-refractivity contribution in [3.05, 3.63) is 0 Å². The van der Waals surface area contributed by atoms with E-state index >= 15 is 0 Å². The lowest BCUT2D eigenvalue weighted by molar-refractivity contribution is -0.137. The van der Waals surface area contributed by atoms with Crippen LogP contribution < -0.4 is 5.32 Å². The molecule has 3 fully saturated rings. The zero-order valence-corrected chi connectivity index (χ0v) is 12.1. The molecule has 0 radical (unpaired) electrons. The van der Waals surface area contributed by atoms with Gasteiger partial charge in [-0.25, -0.2) is 0 Å². The van der Waals surface area contributed by atoms with E-state index in [4.69, 9.17) is 0 Å². The Balaban J connectivity index is 1.71. The first kappa shape index (κ1) is 12.5. The SMILES string of the molecule is CC1(C)C(C(=O)N2CC3CNCC(C3)C2)C1(C)C. The van der Waals surface area contributed by atoms with E-state index in [1.54, 1.807) is 0 Å². The maximum absolute atomic E-state index is 12.7. The number of fused-ring (bicyclic) bond motifs is 2. The quantitative estimate of drug-likeness (QED) is 0.769. The largest absolute Gasteiger partial charge is 0.342 e. The Kier molecular flexibility index (Phi) is 2.58. The molecular weight excluding hydrogens is 224 g/mol. The van der Waals surface area contributed by atoms with Crippen LogP contribution in [-0.4, -0.2) is 37.0 Å². The van der Waals surface area contributed by atoms with Gasteiger partial charge >= 0.3 is 0 Å². The van der Waals surface area contributed by atoms with Gasteiger partial charge in [0.25, 0.3) is 0 Å². The molecule has 2 heterocycles. The highest BCUT2D eigenvalue weighted by Crippen LogP contribution is 2.68. The van der Waals surface area contributed by atoms with Gasteiger partial charge in [0.2, 0.25) is 5.91 Å². The number of hydrogen-bond acceptors (Lipinski definition) is 2. The van der Waals surface area contributed by atoms with Gasteiger partial charge in [0.05, 0.1) is 0 Å². The fourth-order valence-corrected chi connectivity index (χ4v) is 4.28. The first-order valence-electron chi connectivity index (χ1n) is 7.33. The van der Waals surface area contributed by atoms with Crippen LogP contribution in [0.5, 0.6) is 0 Å². The average Bonchev–Trinajstić information content (AvgIpc) is 2.68. The fourth-order valence-electron chi connectivity index (χ4n) is 4.28. The van der Waals surface area contributed by atoms with Crippen LogP contribution in [-0.2, 0) is 4.79 Å². The number of likely N-dealkylation sites (tertiary alicyclic amines) is 1. The maximum atomic E-state index is 12.7. The number of carbonyl (C=O) groups is 1. The van der Waals surface area contributed by atoms with E-state index in [2.05, 4.69) is 37.9 Å². The number of amides is 1. The molecule has 0 aromatic heterocycles.